The first-order chi connectivity index (χ1) is 5.38. The number of para-hydroxylation sites is 1. The van der Waals surface area contributed by atoms with Gasteiger partial charge in [0.25, 0.3) is 0 Å². The molecular weight excluding hydrogens is 162 g/mol. The molecular formula is C8H6ClNO. The molecule has 0 saturated carbocycles. The van der Waals surface area contributed by atoms with Crippen LogP contribution in [0.25, 0.3) is 0 Å². The van der Waals surface area contributed by atoms with E-state index in [2.05, 4.69) is 5.16 Å². The van der Waals surface area contributed by atoms with E-state index < -0.39 is 0 Å². The minimum absolute atomic E-state index is 0.153. The molecule has 0 saturated heterocycles. The van der Waals surface area contributed by atoms with E-state index in [4.69, 9.17) is 16.4 Å². The van der Waals surface area contributed by atoms with E-state index >= 15 is 0 Å². The Morgan fingerprint density at radius 1 is 1.36 bits per heavy atom. The highest BCUT2D eigenvalue weighted by Crippen LogP contribution is 2.30. The third kappa shape index (κ3) is 1.10. The molecule has 1 aromatic carbocycles. The molecule has 1 aliphatic heterocycles. The van der Waals surface area contributed by atoms with E-state index in [0.717, 1.165) is 11.3 Å². The van der Waals surface area contributed by atoms with Crippen LogP contribution in [0.5, 0.6) is 5.75 Å². The van der Waals surface area contributed by atoms with Crippen molar-refractivity contribution in [3.63, 3.8) is 0 Å². The number of alkyl halides is 1. The minimum Gasteiger partial charge on any atom is -0.357 e. The van der Waals surface area contributed by atoms with Crippen LogP contribution in [0.3, 0.4) is 0 Å². The molecule has 11 heavy (non-hydrogen) atoms. The maximum absolute atomic E-state index is 5.92. The van der Waals surface area contributed by atoms with Gasteiger partial charge >= 0.3 is 0 Å². The van der Waals surface area contributed by atoms with Crippen molar-refractivity contribution in [2.45, 2.75) is 5.38 Å². The lowest BCUT2D eigenvalue weighted by Crippen LogP contribution is -2.02. The van der Waals surface area contributed by atoms with E-state index in [-0.39, 0.29) is 5.38 Å². The summed E-state index contributed by atoms with van der Waals surface area (Å²) in [7, 11) is 0. The maximum atomic E-state index is 5.92. The predicted octanol–water partition coefficient (Wildman–Crippen LogP) is 2.34. The normalized spacial score (nSPS) is 20.6. The monoisotopic (exact) mass is 167 g/mol. The molecule has 1 aliphatic rings. The second-order valence-corrected chi connectivity index (χ2v) is 2.76. The average molecular weight is 168 g/mol. The Bertz CT molecular complexity index is 298. The second-order valence-electron chi connectivity index (χ2n) is 2.29. The van der Waals surface area contributed by atoms with Crippen molar-refractivity contribution in [1.82, 2.24) is 0 Å². The zero-order valence-corrected chi connectivity index (χ0v) is 6.45. The number of halogens is 1. The molecule has 1 heterocycles. The van der Waals surface area contributed by atoms with Gasteiger partial charge in [-0.15, -0.1) is 11.6 Å². The fraction of sp³-hybridized carbons (Fsp3) is 0.125. The molecule has 2 nitrogen and oxygen atoms in total. The van der Waals surface area contributed by atoms with Gasteiger partial charge in [0, 0.05) is 5.56 Å². The number of fused-ring (bicyclic) bond motifs is 1. The number of rotatable bonds is 0. The van der Waals surface area contributed by atoms with Gasteiger partial charge in [-0.25, -0.2) is 0 Å². The van der Waals surface area contributed by atoms with Crippen LogP contribution in [0.1, 0.15) is 10.9 Å². The molecule has 0 N–H and O–H groups in total. The van der Waals surface area contributed by atoms with Crippen molar-refractivity contribution >= 4 is 17.8 Å². The van der Waals surface area contributed by atoms with Crippen molar-refractivity contribution in [3.8, 4) is 5.75 Å². The lowest BCUT2D eigenvalue weighted by atomic mass is 10.1. The summed E-state index contributed by atoms with van der Waals surface area (Å²) in [5.74, 6) is 0.745. The minimum atomic E-state index is -0.153. The van der Waals surface area contributed by atoms with Crippen molar-refractivity contribution in [2.75, 3.05) is 0 Å². The second kappa shape index (κ2) is 2.55. The summed E-state index contributed by atoms with van der Waals surface area (Å²) in [5.41, 5.74) is 0.976. The first-order valence-corrected chi connectivity index (χ1v) is 3.75. The molecule has 1 aromatic rings. The van der Waals surface area contributed by atoms with Crippen LogP contribution in [0, 0.1) is 0 Å². The number of hydrogen-bond donors (Lipinski definition) is 0. The Kier molecular flexibility index (Phi) is 1.55. The van der Waals surface area contributed by atoms with Gasteiger partial charge in [0.15, 0.2) is 5.75 Å². The first kappa shape index (κ1) is 6.68. The summed E-state index contributed by atoms with van der Waals surface area (Å²) < 4.78 is 0. The molecule has 3 heteroatoms. The first-order valence-electron chi connectivity index (χ1n) is 3.31. The summed E-state index contributed by atoms with van der Waals surface area (Å²) in [6.45, 7) is 0. The Morgan fingerprint density at radius 3 is 3.00 bits per heavy atom. The molecule has 1 unspecified atom stereocenters. The summed E-state index contributed by atoms with van der Waals surface area (Å²) in [4.78, 5) is 4.98. The SMILES string of the molecule is ClC1C=NOc2ccccc21. The van der Waals surface area contributed by atoms with Crippen molar-refractivity contribution in [1.29, 1.82) is 0 Å². The highest BCUT2D eigenvalue weighted by molar-refractivity contribution is 6.28. The molecule has 0 aromatic heterocycles. The molecule has 56 valence electrons. The fourth-order valence-electron chi connectivity index (χ4n) is 1.01. The van der Waals surface area contributed by atoms with Crippen molar-refractivity contribution in [3.05, 3.63) is 29.8 Å². The van der Waals surface area contributed by atoms with E-state index in [1.807, 2.05) is 24.3 Å². The third-order valence-electron chi connectivity index (χ3n) is 1.56. The van der Waals surface area contributed by atoms with Crippen LogP contribution in [0.15, 0.2) is 29.4 Å². The predicted molar refractivity (Wildman–Crippen MR) is 44.2 cm³/mol. The summed E-state index contributed by atoms with van der Waals surface area (Å²) in [5, 5.41) is 3.49. The van der Waals surface area contributed by atoms with E-state index in [1.165, 1.54) is 0 Å². The van der Waals surface area contributed by atoms with Gasteiger partial charge in [0.2, 0.25) is 0 Å². The van der Waals surface area contributed by atoms with Crippen LogP contribution < -0.4 is 4.84 Å². The van der Waals surface area contributed by atoms with Gasteiger partial charge in [-0.1, -0.05) is 23.4 Å². The highest BCUT2D eigenvalue weighted by atomic mass is 35.5. The van der Waals surface area contributed by atoms with Crippen LogP contribution in [0.2, 0.25) is 0 Å². The van der Waals surface area contributed by atoms with Gasteiger partial charge in [0.05, 0.1) is 6.21 Å². The summed E-state index contributed by atoms with van der Waals surface area (Å²) in [6, 6.07) is 7.60. The number of oxime groups is 1. The number of hydrogen-bond acceptors (Lipinski definition) is 2. The van der Waals surface area contributed by atoms with Crippen LogP contribution in [-0.4, -0.2) is 6.21 Å². The van der Waals surface area contributed by atoms with Crippen LogP contribution >= 0.6 is 11.6 Å². The third-order valence-corrected chi connectivity index (χ3v) is 1.91. The maximum Gasteiger partial charge on any atom is 0.163 e. The van der Waals surface area contributed by atoms with Gasteiger partial charge < -0.3 is 4.84 Å². The molecule has 0 spiro atoms. The zero-order valence-electron chi connectivity index (χ0n) is 5.70. The smallest absolute Gasteiger partial charge is 0.163 e. The summed E-state index contributed by atoms with van der Waals surface area (Å²) >= 11 is 5.92. The highest BCUT2D eigenvalue weighted by Gasteiger charge is 2.14. The number of nitrogens with zero attached hydrogens (tertiary/aromatic N) is 1. The Hall–Kier alpha value is -1.02. The van der Waals surface area contributed by atoms with Crippen molar-refractivity contribution in [2.24, 2.45) is 5.16 Å². The van der Waals surface area contributed by atoms with Crippen molar-refractivity contribution < 1.29 is 4.84 Å². The van der Waals surface area contributed by atoms with Crippen LogP contribution in [0.4, 0.5) is 0 Å². The quantitative estimate of drug-likeness (QED) is 0.544. The van der Waals surface area contributed by atoms with E-state index in [9.17, 15) is 0 Å². The van der Waals surface area contributed by atoms with Gasteiger partial charge in [-0.05, 0) is 6.07 Å². The molecule has 0 fully saturated rings. The fourth-order valence-corrected chi connectivity index (χ4v) is 1.24. The Balaban J connectivity index is 2.50. The molecule has 0 bridgehead atoms. The van der Waals surface area contributed by atoms with Gasteiger partial charge in [0.1, 0.15) is 5.38 Å². The standard InChI is InChI=1S/C8H6ClNO/c9-7-5-10-11-8-4-2-1-3-6(7)8/h1-5,7H. The number of benzene rings is 1. The molecule has 1 atom stereocenters. The van der Waals surface area contributed by atoms with Gasteiger partial charge in [-0.2, -0.15) is 0 Å². The molecule has 0 radical (unpaired) electrons. The van der Waals surface area contributed by atoms with E-state index in [1.54, 1.807) is 6.21 Å². The zero-order chi connectivity index (χ0) is 7.68. The lowest BCUT2D eigenvalue weighted by molar-refractivity contribution is 0.333. The largest absolute Gasteiger partial charge is 0.357 e. The topological polar surface area (TPSA) is 21.6 Å². The lowest BCUT2D eigenvalue weighted by Gasteiger charge is -2.12. The Morgan fingerprint density at radius 2 is 2.18 bits per heavy atom. The molecule has 0 aliphatic carbocycles. The Labute approximate surface area is 69.4 Å². The summed E-state index contributed by atoms with van der Waals surface area (Å²) in [6.07, 6.45) is 1.57. The average Bonchev–Trinajstić information content (AvgIpc) is 2.06. The molecule has 2 rings (SSSR count). The van der Waals surface area contributed by atoms with Gasteiger partial charge in [-0.3, -0.25) is 0 Å². The molecule has 0 amide bonds. The van der Waals surface area contributed by atoms with Crippen LogP contribution in [-0.2, 0) is 0 Å². The van der Waals surface area contributed by atoms with E-state index in [0.29, 0.717) is 0 Å².